The summed E-state index contributed by atoms with van der Waals surface area (Å²) in [7, 11) is 0. The van der Waals surface area contributed by atoms with E-state index in [2.05, 4.69) is 62.7 Å². The second-order valence-corrected chi connectivity index (χ2v) is 6.18. The van der Waals surface area contributed by atoms with E-state index in [9.17, 15) is 0 Å². The summed E-state index contributed by atoms with van der Waals surface area (Å²) in [6.07, 6.45) is 10.5. The third kappa shape index (κ3) is 3.88. The molecule has 1 fully saturated rings. The molecule has 1 N–H and O–H groups in total. The molecular weight excluding hydrogens is 312 g/mol. The van der Waals surface area contributed by atoms with Crippen molar-refractivity contribution in [1.29, 1.82) is 0 Å². The first-order valence-electron chi connectivity index (χ1n) is 8.78. The van der Waals surface area contributed by atoms with Crippen LogP contribution in [0.5, 0.6) is 0 Å². The van der Waals surface area contributed by atoms with Crippen molar-refractivity contribution in [2.75, 3.05) is 36.5 Å². The van der Waals surface area contributed by atoms with Crippen molar-refractivity contribution in [3.63, 3.8) is 0 Å². The average molecular weight is 334 g/mol. The normalized spacial score (nSPS) is 17.3. The first-order valence-corrected chi connectivity index (χ1v) is 8.78. The van der Waals surface area contributed by atoms with Crippen molar-refractivity contribution in [3.05, 3.63) is 60.5 Å². The number of nitrogens with zero attached hydrogens (tertiary/aromatic N) is 3. The van der Waals surface area contributed by atoms with Gasteiger partial charge < -0.3 is 15.0 Å². The Bertz CT molecular complexity index is 777. The Morgan fingerprint density at radius 1 is 1.00 bits per heavy atom. The van der Waals surface area contributed by atoms with Gasteiger partial charge in [-0.05, 0) is 48.7 Å². The number of ether oxygens (including phenoxy) is 1. The van der Waals surface area contributed by atoms with Gasteiger partial charge in [0, 0.05) is 30.7 Å². The molecule has 0 atom stereocenters. The zero-order valence-electron chi connectivity index (χ0n) is 14.2. The second-order valence-electron chi connectivity index (χ2n) is 6.18. The van der Waals surface area contributed by atoms with Gasteiger partial charge in [0.15, 0.2) is 0 Å². The molecule has 1 aliphatic heterocycles. The standard InChI is InChI=1S/C20H22N4O/c1-2-4-16(5-3-1)19-10-11-21-20(23-19)22-17-6-8-18(9-7-17)24-12-14-25-15-13-24/h2,4-11H,1,3,12-15H2,(H,21,22,23). The predicted molar refractivity (Wildman–Crippen MR) is 101 cm³/mol. The van der Waals surface area contributed by atoms with E-state index in [1.165, 1.54) is 11.3 Å². The van der Waals surface area contributed by atoms with Gasteiger partial charge in [0.05, 0.1) is 18.9 Å². The van der Waals surface area contributed by atoms with Gasteiger partial charge in [-0.3, -0.25) is 0 Å². The highest BCUT2D eigenvalue weighted by Gasteiger charge is 2.11. The molecule has 128 valence electrons. The molecule has 2 aliphatic rings. The van der Waals surface area contributed by atoms with E-state index in [-0.39, 0.29) is 0 Å². The molecule has 5 nitrogen and oxygen atoms in total. The van der Waals surface area contributed by atoms with Crippen molar-refractivity contribution in [2.24, 2.45) is 0 Å². The molecule has 0 radical (unpaired) electrons. The SMILES string of the molecule is C1=CC(c2ccnc(Nc3ccc(N4CCOCC4)cc3)n2)=CCC1. The Balaban J connectivity index is 1.46. The summed E-state index contributed by atoms with van der Waals surface area (Å²) in [5, 5.41) is 3.30. The van der Waals surface area contributed by atoms with E-state index >= 15 is 0 Å². The van der Waals surface area contributed by atoms with Gasteiger partial charge in [0.25, 0.3) is 0 Å². The summed E-state index contributed by atoms with van der Waals surface area (Å²) in [6.45, 7) is 3.48. The van der Waals surface area contributed by atoms with Gasteiger partial charge >= 0.3 is 0 Å². The fourth-order valence-electron chi connectivity index (χ4n) is 3.09. The number of benzene rings is 1. The van der Waals surface area contributed by atoms with Crippen LogP contribution < -0.4 is 10.2 Å². The smallest absolute Gasteiger partial charge is 0.227 e. The summed E-state index contributed by atoms with van der Waals surface area (Å²) in [4.78, 5) is 11.3. The molecule has 1 aliphatic carbocycles. The lowest BCUT2D eigenvalue weighted by Crippen LogP contribution is -2.36. The fourth-order valence-corrected chi connectivity index (χ4v) is 3.09. The van der Waals surface area contributed by atoms with E-state index in [0.29, 0.717) is 5.95 Å². The third-order valence-corrected chi connectivity index (χ3v) is 4.45. The lowest BCUT2D eigenvalue weighted by molar-refractivity contribution is 0.122. The molecule has 2 aromatic rings. The Hall–Kier alpha value is -2.66. The molecule has 4 rings (SSSR count). The first kappa shape index (κ1) is 15.8. The Labute approximate surface area is 148 Å². The Morgan fingerprint density at radius 3 is 2.60 bits per heavy atom. The number of morpholine rings is 1. The van der Waals surface area contributed by atoms with Crippen LogP contribution in [0.25, 0.3) is 5.57 Å². The number of allylic oxidation sites excluding steroid dienone is 4. The monoisotopic (exact) mass is 334 g/mol. The van der Waals surface area contributed by atoms with Gasteiger partial charge in [-0.1, -0.05) is 18.2 Å². The highest BCUT2D eigenvalue weighted by atomic mass is 16.5. The molecule has 5 heteroatoms. The van der Waals surface area contributed by atoms with Crippen LogP contribution in [-0.2, 0) is 4.74 Å². The lowest BCUT2D eigenvalue weighted by Gasteiger charge is -2.28. The molecule has 0 unspecified atom stereocenters. The van der Waals surface area contributed by atoms with Gasteiger partial charge in [-0.25, -0.2) is 9.97 Å². The number of anilines is 3. The van der Waals surface area contributed by atoms with E-state index in [1.807, 2.05) is 6.07 Å². The molecule has 25 heavy (non-hydrogen) atoms. The van der Waals surface area contributed by atoms with E-state index in [0.717, 1.165) is 50.5 Å². The molecular formula is C20H22N4O. The maximum atomic E-state index is 5.41. The summed E-state index contributed by atoms with van der Waals surface area (Å²) < 4.78 is 5.41. The van der Waals surface area contributed by atoms with Crippen LogP contribution in [0, 0.1) is 0 Å². The number of hydrogen-bond donors (Lipinski definition) is 1. The summed E-state index contributed by atoms with van der Waals surface area (Å²) in [5.74, 6) is 0.622. The minimum Gasteiger partial charge on any atom is -0.378 e. The molecule has 1 aromatic carbocycles. The number of aromatic nitrogens is 2. The molecule has 0 saturated carbocycles. The van der Waals surface area contributed by atoms with Crippen molar-refractivity contribution >= 4 is 22.9 Å². The predicted octanol–water partition coefficient (Wildman–Crippen LogP) is 3.79. The molecule has 2 heterocycles. The largest absolute Gasteiger partial charge is 0.378 e. The topological polar surface area (TPSA) is 50.3 Å². The fraction of sp³-hybridized carbons (Fsp3) is 0.300. The van der Waals surface area contributed by atoms with Crippen LogP contribution in [0.3, 0.4) is 0 Å². The van der Waals surface area contributed by atoms with Crippen LogP contribution in [0.15, 0.2) is 54.8 Å². The Kier molecular flexibility index (Phi) is 4.74. The van der Waals surface area contributed by atoms with Gasteiger partial charge in [0.1, 0.15) is 0 Å². The van der Waals surface area contributed by atoms with Crippen LogP contribution >= 0.6 is 0 Å². The Morgan fingerprint density at radius 2 is 1.84 bits per heavy atom. The molecule has 1 saturated heterocycles. The first-order chi connectivity index (χ1) is 12.4. The van der Waals surface area contributed by atoms with Crippen LogP contribution in [0.1, 0.15) is 18.5 Å². The minimum absolute atomic E-state index is 0.622. The van der Waals surface area contributed by atoms with Crippen molar-refractivity contribution in [1.82, 2.24) is 9.97 Å². The minimum atomic E-state index is 0.622. The molecule has 0 bridgehead atoms. The van der Waals surface area contributed by atoms with Crippen molar-refractivity contribution < 1.29 is 4.74 Å². The highest BCUT2D eigenvalue weighted by molar-refractivity contribution is 5.73. The third-order valence-electron chi connectivity index (χ3n) is 4.45. The summed E-state index contributed by atoms with van der Waals surface area (Å²) in [5.41, 5.74) is 4.33. The van der Waals surface area contributed by atoms with Gasteiger partial charge in [0.2, 0.25) is 5.95 Å². The van der Waals surface area contributed by atoms with E-state index in [4.69, 9.17) is 4.74 Å². The average Bonchev–Trinajstić information content (AvgIpc) is 2.70. The van der Waals surface area contributed by atoms with E-state index < -0.39 is 0 Å². The molecule has 0 amide bonds. The summed E-state index contributed by atoms with van der Waals surface area (Å²) >= 11 is 0. The van der Waals surface area contributed by atoms with Crippen molar-refractivity contribution in [2.45, 2.75) is 12.8 Å². The quantitative estimate of drug-likeness (QED) is 0.922. The lowest BCUT2D eigenvalue weighted by atomic mass is 10.0. The van der Waals surface area contributed by atoms with E-state index in [1.54, 1.807) is 6.20 Å². The van der Waals surface area contributed by atoms with Crippen molar-refractivity contribution in [3.8, 4) is 0 Å². The number of nitrogens with one attached hydrogen (secondary N) is 1. The number of hydrogen-bond acceptors (Lipinski definition) is 5. The highest BCUT2D eigenvalue weighted by Crippen LogP contribution is 2.23. The van der Waals surface area contributed by atoms with Crippen LogP contribution in [0.4, 0.5) is 17.3 Å². The number of rotatable bonds is 4. The zero-order valence-corrected chi connectivity index (χ0v) is 14.2. The zero-order chi connectivity index (χ0) is 16.9. The molecule has 1 aromatic heterocycles. The maximum absolute atomic E-state index is 5.41. The second kappa shape index (κ2) is 7.49. The van der Waals surface area contributed by atoms with Crippen LogP contribution in [0.2, 0.25) is 0 Å². The maximum Gasteiger partial charge on any atom is 0.227 e. The summed E-state index contributed by atoms with van der Waals surface area (Å²) in [6, 6.07) is 10.4. The molecule has 0 spiro atoms. The van der Waals surface area contributed by atoms with Gasteiger partial charge in [-0.2, -0.15) is 0 Å². The van der Waals surface area contributed by atoms with Crippen LogP contribution in [-0.4, -0.2) is 36.3 Å². The van der Waals surface area contributed by atoms with Gasteiger partial charge in [-0.15, -0.1) is 0 Å².